The minimum absolute atomic E-state index is 0.0240. The van der Waals surface area contributed by atoms with Crippen molar-refractivity contribution in [2.24, 2.45) is 0 Å². The smallest absolute Gasteiger partial charge is 0.384 e. The molecule has 2 aromatic rings. The number of nitriles is 1. The summed E-state index contributed by atoms with van der Waals surface area (Å²) in [5.41, 5.74) is 0.302. The number of nitrogens with one attached hydrogen (secondary N) is 3. The summed E-state index contributed by atoms with van der Waals surface area (Å²) < 4.78 is 68.7. The molecule has 4 rings (SSSR count). The van der Waals surface area contributed by atoms with Gasteiger partial charge in [-0.1, -0.05) is 48.5 Å². The summed E-state index contributed by atoms with van der Waals surface area (Å²) in [6.45, 7) is -0.0240. The van der Waals surface area contributed by atoms with E-state index in [0.717, 1.165) is 0 Å². The highest BCUT2D eigenvalue weighted by Gasteiger charge is 2.50. The number of halogens is 3. The predicted octanol–water partition coefficient (Wildman–Crippen LogP) is 2.87. The highest BCUT2D eigenvalue weighted by molar-refractivity contribution is 7.90. The lowest BCUT2D eigenvalue weighted by molar-refractivity contribution is -0.162. The van der Waals surface area contributed by atoms with Crippen molar-refractivity contribution in [1.29, 1.82) is 5.26 Å². The first-order chi connectivity index (χ1) is 16.5. The van der Waals surface area contributed by atoms with Crippen LogP contribution >= 0.6 is 0 Å². The van der Waals surface area contributed by atoms with E-state index in [-0.39, 0.29) is 6.54 Å². The lowest BCUT2D eigenvalue weighted by Gasteiger charge is -2.31. The van der Waals surface area contributed by atoms with Gasteiger partial charge >= 0.3 is 6.18 Å². The number of benzene rings is 2. The van der Waals surface area contributed by atoms with Crippen molar-refractivity contribution in [2.45, 2.75) is 48.3 Å². The first kappa shape index (κ1) is 25.0. The van der Waals surface area contributed by atoms with Gasteiger partial charge in [0.15, 0.2) is 9.84 Å². The zero-order valence-corrected chi connectivity index (χ0v) is 19.5. The van der Waals surface area contributed by atoms with Crippen LogP contribution < -0.4 is 16.0 Å². The summed E-state index contributed by atoms with van der Waals surface area (Å²) in [7, 11) is -3.99. The number of para-hydroxylation sites is 1. The van der Waals surface area contributed by atoms with Crippen molar-refractivity contribution < 1.29 is 26.4 Å². The molecule has 1 aliphatic heterocycles. The number of hydrogen-bond donors (Lipinski definition) is 3. The quantitative estimate of drug-likeness (QED) is 0.482. The van der Waals surface area contributed by atoms with Crippen molar-refractivity contribution in [1.82, 2.24) is 10.6 Å². The number of rotatable bonds is 9. The molecule has 3 N–H and O–H groups in total. The highest BCUT2D eigenvalue weighted by Crippen LogP contribution is 2.39. The van der Waals surface area contributed by atoms with Gasteiger partial charge in [-0.25, -0.2) is 8.42 Å². The van der Waals surface area contributed by atoms with Crippen LogP contribution in [0.2, 0.25) is 0 Å². The molecule has 1 amide bonds. The third-order valence-corrected chi connectivity index (χ3v) is 7.92. The van der Waals surface area contributed by atoms with Crippen molar-refractivity contribution in [3.05, 3.63) is 65.7 Å². The highest BCUT2D eigenvalue weighted by atomic mass is 32.2. The molecule has 186 valence electrons. The van der Waals surface area contributed by atoms with E-state index in [1.807, 2.05) is 6.07 Å². The number of nitrogens with zero attached hydrogens (tertiary/aromatic N) is 1. The zero-order valence-electron chi connectivity index (χ0n) is 18.7. The SMILES string of the molecule is N#CC1(NC(=O)[C@H](CS(=O)(=O)Cc2ccccc2)N[C@@H](C2CNc3ccccc32)C(F)(F)F)CC1. The Bertz CT molecular complexity index is 1220. The second kappa shape index (κ2) is 9.51. The van der Waals surface area contributed by atoms with Crippen LogP contribution in [0.15, 0.2) is 54.6 Å². The van der Waals surface area contributed by atoms with Gasteiger partial charge in [-0.05, 0) is 30.0 Å². The van der Waals surface area contributed by atoms with Gasteiger partial charge in [0.05, 0.1) is 17.6 Å². The Morgan fingerprint density at radius 1 is 1.14 bits per heavy atom. The van der Waals surface area contributed by atoms with Crippen LogP contribution in [-0.4, -0.2) is 50.4 Å². The molecule has 1 unspecified atom stereocenters. The molecule has 7 nitrogen and oxygen atoms in total. The number of carbonyl (C=O) groups excluding carboxylic acids is 1. The standard InChI is InChI=1S/C24H25F3N4O3S/c25-24(26,27)21(18-12-29-19-9-5-4-8-17(18)19)30-20(22(32)31-23(15-28)10-11-23)14-35(33,34)13-16-6-2-1-3-7-16/h1-9,18,20-21,29-30H,10-14H2,(H,31,32)/t18?,20-,21-/m0/s1. The maximum atomic E-state index is 14.3. The second-order valence-electron chi connectivity index (χ2n) is 9.04. The average Bonchev–Trinajstić information content (AvgIpc) is 3.45. The molecule has 1 saturated carbocycles. The van der Waals surface area contributed by atoms with E-state index in [9.17, 15) is 31.6 Å². The molecule has 0 bridgehead atoms. The summed E-state index contributed by atoms with van der Waals surface area (Å²) in [6.07, 6.45) is -4.04. The number of carbonyl (C=O) groups is 1. The fourth-order valence-corrected chi connectivity index (χ4v) is 5.89. The largest absolute Gasteiger partial charge is 0.404 e. The first-order valence-corrected chi connectivity index (χ1v) is 13.0. The molecule has 0 saturated heterocycles. The van der Waals surface area contributed by atoms with E-state index < -0.39 is 57.0 Å². The molecular weight excluding hydrogens is 481 g/mol. The Balaban J connectivity index is 1.61. The van der Waals surface area contributed by atoms with Gasteiger partial charge in [-0.3, -0.25) is 10.1 Å². The fraction of sp³-hybridized carbons (Fsp3) is 0.417. The van der Waals surface area contributed by atoms with Crippen LogP contribution in [0.3, 0.4) is 0 Å². The molecule has 11 heteroatoms. The van der Waals surface area contributed by atoms with Crippen LogP contribution in [0.5, 0.6) is 0 Å². The van der Waals surface area contributed by atoms with Crippen molar-refractivity contribution in [3.63, 3.8) is 0 Å². The van der Waals surface area contributed by atoms with Gasteiger partial charge in [-0.15, -0.1) is 0 Å². The number of fused-ring (bicyclic) bond motifs is 1. The van der Waals surface area contributed by atoms with E-state index >= 15 is 0 Å². The molecule has 1 fully saturated rings. The topological polar surface area (TPSA) is 111 Å². The minimum Gasteiger partial charge on any atom is -0.384 e. The first-order valence-electron chi connectivity index (χ1n) is 11.2. The number of sulfone groups is 1. The summed E-state index contributed by atoms with van der Waals surface area (Å²) >= 11 is 0. The molecule has 0 aromatic heterocycles. The maximum absolute atomic E-state index is 14.3. The summed E-state index contributed by atoms with van der Waals surface area (Å²) in [5, 5.41) is 17.0. The van der Waals surface area contributed by atoms with Crippen LogP contribution in [-0.2, 0) is 20.4 Å². The molecule has 3 atom stereocenters. The van der Waals surface area contributed by atoms with Crippen molar-refractivity contribution >= 4 is 21.4 Å². The number of amides is 1. The van der Waals surface area contributed by atoms with E-state index in [4.69, 9.17) is 0 Å². The normalized spacial score (nSPS) is 20.1. The van der Waals surface area contributed by atoms with E-state index in [2.05, 4.69) is 16.0 Å². The van der Waals surface area contributed by atoms with Gasteiger partial charge in [0.25, 0.3) is 0 Å². The maximum Gasteiger partial charge on any atom is 0.404 e. The Hall–Kier alpha value is -3.10. The van der Waals surface area contributed by atoms with E-state index in [0.29, 0.717) is 29.7 Å². The third kappa shape index (κ3) is 5.94. The van der Waals surface area contributed by atoms with Crippen LogP contribution in [0.25, 0.3) is 0 Å². The Morgan fingerprint density at radius 3 is 2.43 bits per heavy atom. The third-order valence-electron chi connectivity index (χ3n) is 6.30. The monoisotopic (exact) mass is 506 g/mol. The van der Waals surface area contributed by atoms with Crippen molar-refractivity contribution in [3.8, 4) is 6.07 Å². The van der Waals surface area contributed by atoms with E-state index in [1.165, 1.54) is 0 Å². The Morgan fingerprint density at radius 2 is 1.80 bits per heavy atom. The summed E-state index contributed by atoms with van der Waals surface area (Å²) in [4.78, 5) is 13.0. The van der Waals surface area contributed by atoms with Crippen LogP contribution in [0.1, 0.15) is 29.9 Å². The number of alkyl halides is 3. The Labute approximate surface area is 201 Å². The molecule has 2 aromatic carbocycles. The molecule has 1 heterocycles. The fourth-order valence-electron chi connectivity index (χ4n) is 4.32. The molecular formula is C24H25F3N4O3S. The van der Waals surface area contributed by atoms with Gasteiger partial charge in [0, 0.05) is 18.2 Å². The summed E-state index contributed by atoms with van der Waals surface area (Å²) in [5.74, 6) is -3.27. The summed E-state index contributed by atoms with van der Waals surface area (Å²) in [6, 6.07) is 12.9. The lowest BCUT2D eigenvalue weighted by atomic mass is 9.92. The van der Waals surface area contributed by atoms with Crippen LogP contribution in [0.4, 0.5) is 18.9 Å². The molecule has 0 spiro atoms. The average molecular weight is 507 g/mol. The zero-order chi connectivity index (χ0) is 25.3. The molecule has 1 aliphatic carbocycles. The van der Waals surface area contributed by atoms with Gasteiger partial charge < -0.3 is 10.6 Å². The number of hydrogen-bond acceptors (Lipinski definition) is 6. The lowest BCUT2D eigenvalue weighted by Crippen LogP contribution is -2.59. The van der Waals surface area contributed by atoms with E-state index in [1.54, 1.807) is 54.6 Å². The van der Waals surface area contributed by atoms with Crippen LogP contribution in [0, 0.1) is 11.3 Å². The Kier molecular flexibility index (Phi) is 6.79. The second-order valence-corrected chi connectivity index (χ2v) is 11.1. The molecule has 35 heavy (non-hydrogen) atoms. The van der Waals surface area contributed by atoms with Gasteiger partial charge in [0.2, 0.25) is 5.91 Å². The van der Waals surface area contributed by atoms with Gasteiger partial charge in [0.1, 0.15) is 17.6 Å². The molecule has 0 radical (unpaired) electrons. The molecule has 2 aliphatic rings. The van der Waals surface area contributed by atoms with Crippen molar-refractivity contribution in [2.75, 3.05) is 17.6 Å². The number of anilines is 1. The minimum atomic E-state index is -4.77. The van der Waals surface area contributed by atoms with Gasteiger partial charge in [-0.2, -0.15) is 18.4 Å². The predicted molar refractivity (Wildman–Crippen MR) is 124 cm³/mol.